The topological polar surface area (TPSA) is 108 Å². The van der Waals surface area contributed by atoms with Crippen molar-refractivity contribution in [2.45, 2.75) is 283 Å². The van der Waals surface area contributed by atoms with Crippen LogP contribution in [0.5, 0.6) is 0 Å². The van der Waals surface area contributed by atoms with Crippen LogP contribution in [-0.2, 0) is 18.4 Å². The molecule has 0 radical (unpaired) electrons. The monoisotopic (exact) mass is 1050 g/mol. The van der Waals surface area contributed by atoms with Gasteiger partial charge in [0.15, 0.2) is 0 Å². The number of hydrogen-bond donors (Lipinski definition) is 2. The zero-order valence-electron chi connectivity index (χ0n) is 49.0. The molecule has 0 bridgehead atoms. The molecule has 8 nitrogen and oxygen atoms in total. The van der Waals surface area contributed by atoms with Gasteiger partial charge in [0.05, 0.1) is 39.9 Å². The fourth-order valence-corrected chi connectivity index (χ4v) is 9.53. The maximum atomic E-state index is 13.0. The number of phosphoric ester groups is 1. The average molecular weight is 1060 g/mol. The summed E-state index contributed by atoms with van der Waals surface area (Å²) in [6.07, 6.45) is 78.2. The van der Waals surface area contributed by atoms with Crippen LogP contribution in [0.3, 0.4) is 0 Å². The van der Waals surface area contributed by atoms with Crippen LogP contribution in [-0.4, -0.2) is 68.5 Å². The van der Waals surface area contributed by atoms with Crippen molar-refractivity contribution in [1.29, 1.82) is 0 Å². The Balaban J connectivity index is 4.01. The van der Waals surface area contributed by atoms with Crippen molar-refractivity contribution in [2.75, 3.05) is 40.9 Å². The van der Waals surface area contributed by atoms with Crippen molar-refractivity contribution >= 4 is 13.7 Å². The van der Waals surface area contributed by atoms with E-state index in [1.807, 2.05) is 27.2 Å². The van der Waals surface area contributed by atoms with E-state index in [0.29, 0.717) is 17.4 Å². The molecule has 430 valence electrons. The molecular weight excluding hydrogens is 936 g/mol. The largest absolute Gasteiger partial charge is 0.756 e. The number of rotatable bonds is 56. The van der Waals surface area contributed by atoms with E-state index in [-0.39, 0.29) is 19.1 Å². The first-order valence-corrected chi connectivity index (χ1v) is 32.4. The maximum Gasteiger partial charge on any atom is 0.268 e. The third-order valence-corrected chi connectivity index (χ3v) is 14.6. The average Bonchev–Trinajstić information content (AvgIpc) is 3.36. The number of likely N-dealkylation sites (N-methyl/N-ethyl adjacent to an activating group) is 1. The summed E-state index contributed by atoms with van der Waals surface area (Å²) in [6.45, 7) is 4.55. The number of unbranched alkanes of at least 4 members (excludes halogenated alkanes) is 31. The highest BCUT2D eigenvalue weighted by molar-refractivity contribution is 7.45. The van der Waals surface area contributed by atoms with E-state index < -0.39 is 20.0 Å². The normalized spacial score (nSPS) is 14.4. The third-order valence-electron chi connectivity index (χ3n) is 13.6. The van der Waals surface area contributed by atoms with Crippen LogP contribution in [0.2, 0.25) is 0 Å². The SMILES string of the molecule is CC/C=C\C/C=C\C/C=C\C/C=C\C/C=C\C/C=C\CCCCCCCCCCCCCCCCCCCCC(=O)NC(COP(=O)([O-])OCC[N+](C)(C)C)C(O)/C=C/CCCCCCCCCCCCCCC. The van der Waals surface area contributed by atoms with Crippen LogP contribution >= 0.6 is 7.82 Å². The van der Waals surface area contributed by atoms with E-state index in [9.17, 15) is 19.4 Å². The van der Waals surface area contributed by atoms with Crippen LogP contribution in [0.4, 0.5) is 0 Å². The van der Waals surface area contributed by atoms with Gasteiger partial charge in [-0.3, -0.25) is 9.36 Å². The first-order valence-electron chi connectivity index (χ1n) is 30.9. The van der Waals surface area contributed by atoms with Gasteiger partial charge in [-0.15, -0.1) is 0 Å². The van der Waals surface area contributed by atoms with E-state index >= 15 is 0 Å². The number of quaternary nitrogens is 1. The Hall–Kier alpha value is -2.32. The summed E-state index contributed by atoms with van der Waals surface area (Å²) in [5.41, 5.74) is 0. The number of aliphatic hydroxyl groups is 1. The second-order valence-electron chi connectivity index (χ2n) is 22.0. The van der Waals surface area contributed by atoms with Crippen LogP contribution < -0.4 is 10.2 Å². The van der Waals surface area contributed by atoms with Gasteiger partial charge in [0.25, 0.3) is 7.82 Å². The maximum absolute atomic E-state index is 13.0. The zero-order chi connectivity index (χ0) is 54.2. The number of carbonyl (C=O) groups excluding carboxylic acids is 1. The summed E-state index contributed by atoms with van der Waals surface area (Å²) in [5, 5.41) is 13.9. The van der Waals surface area contributed by atoms with E-state index in [1.54, 1.807) is 6.08 Å². The van der Waals surface area contributed by atoms with Crippen molar-refractivity contribution in [1.82, 2.24) is 5.32 Å². The van der Waals surface area contributed by atoms with E-state index in [1.165, 1.54) is 173 Å². The molecule has 0 aliphatic rings. The molecule has 0 saturated carbocycles. The molecule has 0 aromatic rings. The van der Waals surface area contributed by atoms with E-state index in [2.05, 4.69) is 92.1 Å². The quantitative estimate of drug-likeness (QED) is 0.0272. The summed E-state index contributed by atoms with van der Waals surface area (Å²) >= 11 is 0. The minimum Gasteiger partial charge on any atom is -0.756 e. The highest BCUT2D eigenvalue weighted by Gasteiger charge is 2.23. The lowest BCUT2D eigenvalue weighted by Crippen LogP contribution is -2.45. The third kappa shape index (κ3) is 57.4. The Labute approximate surface area is 458 Å². The Morgan fingerprint density at radius 3 is 1.20 bits per heavy atom. The van der Waals surface area contributed by atoms with Gasteiger partial charge >= 0.3 is 0 Å². The fourth-order valence-electron chi connectivity index (χ4n) is 8.81. The van der Waals surface area contributed by atoms with Crippen LogP contribution in [0.15, 0.2) is 85.1 Å². The number of aliphatic hydroxyl groups excluding tert-OH is 1. The van der Waals surface area contributed by atoms with Gasteiger partial charge in [0.2, 0.25) is 5.91 Å². The summed E-state index contributed by atoms with van der Waals surface area (Å²) < 4.78 is 23.3. The van der Waals surface area contributed by atoms with Gasteiger partial charge in [-0.25, -0.2) is 0 Å². The Kier molecular flexibility index (Phi) is 53.7. The van der Waals surface area contributed by atoms with Crippen LogP contribution in [0.1, 0.15) is 271 Å². The lowest BCUT2D eigenvalue weighted by atomic mass is 10.0. The smallest absolute Gasteiger partial charge is 0.268 e. The predicted octanol–water partition coefficient (Wildman–Crippen LogP) is 18.6. The molecule has 0 aliphatic carbocycles. The number of amides is 1. The van der Waals surface area contributed by atoms with Crippen molar-refractivity contribution in [3.05, 3.63) is 85.1 Å². The molecule has 0 fully saturated rings. The molecule has 74 heavy (non-hydrogen) atoms. The first kappa shape index (κ1) is 71.7. The Morgan fingerprint density at radius 2 is 0.824 bits per heavy atom. The first-order chi connectivity index (χ1) is 36.0. The van der Waals surface area contributed by atoms with Crippen molar-refractivity contribution in [3.63, 3.8) is 0 Å². The molecule has 0 aromatic heterocycles. The number of hydrogen-bond acceptors (Lipinski definition) is 6. The molecule has 9 heteroatoms. The summed E-state index contributed by atoms with van der Waals surface area (Å²) in [4.78, 5) is 25.5. The Bertz CT molecular complexity index is 1480. The fraction of sp³-hybridized carbons (Fsp3) is 0.769. The molecule has 2 N–H and O–H groups in total. The lowest BCUT2D eigenvalue weighted by Gasteiger charge is -2.29. The Morgan fingerprint density at radius 1 is 0.486 bits per heavy atom. The molecule has 0 aliphatic heterocycles. The zero-order valence-corrected chi connectivity index (χ0v) is 49.9. The minimum atomic E-state index is -4.60. The van der Waals surface area contributed by atoms with Gasteiger partial charge in [0, 0.05) is 6.42 Å². The molecule has 1 amide bonds. The van der Waals surface area contributed by atoms with Gasteiger partial charge in [0.1, 0.15) is 13.2 Å². The summed E-state index contributed by atoms with van der Waals surface area (Å²) in [5.74, 6) is -0.197. The molecular formula is C65H119N2O6P. The summed E-state index contributed by atoms with van der Waals surface area (Å²) in [7, 11) is 1.26. The number of phosphoric acid groups is 1. The number of nitrogens with zero attached hydrogens (tertiary/aromatic N) is 1. The van der Waals surface area contributed by atoms with Gasteiger partial charge in [-0.1, -0.05) is 279 Å². The molecule has 0 spiro atoms. The summed E-state index contributed by atoms with van der Waals surface area (Å²) in [6, 6.07) is -0.888. The van der Waals surface area contributed by atoms with Gasteiger partial charge in [-0.2, -0.15) is 0 Å². The molecule has 0 rings (SSSR count). The van der Waals surface area contributed by atoms with Crippen molar-refractivity contribution in [2.24, 2.45) is 0 Å². The molecule has 0 heterocycles. The van der Waals surface area contributed by atoms with E-state index in [0.717, 1.165) is 77.0 Å². The molecule has 0 saturated heterocycles. The second-order valence-corrected chi connectivity index (χ2v) is 23.4. The highest BCUT2D eigenvalue weighted by Crippen LogP contribution is 2.38. The van der Waals surface area contributed by atoms with Crippen molar-refractivity contribution in [3.8, 4) is 0 Å². The number of carbonyl (C=O) groups is 1. The van der Waals surface area contributed by atoms with Crippen LogP contribution in [0.25, 0.3) is 0 Å². The van der Waals surface area contributed by atoms with Gasteiger partial charge in [-0.05, 0) is 70.6 Å². The van der Waals surface area contributed by atoms with E-state index in [4.69, 9.17) is 9.05 Å². The van der Waals surface area contributed by atoms with Crippen molar-refractivity contribution < 1.29 is 32.9 Å². The highest BCUT2D eigenvalue weighted by atomic mass is 31.2. The molecule has 3 unspecified atom stereocenters. The standard InChI is InChI=1S/C65H119N2O6P/c1-6-8-10-12-14-16-18-20-22-23-24-25-26-27-28-29-30-31-32-33-34-35-36-37-38-39-40-41-42-43-45-47-49-51-53-55-57-59-65(69)66-63(62-73-74(70,71)72-61-60-67(3,4)5)64(68)58-56-54-52-50-48-46-44-21-19-17-15-13-11-9-7-2/h8,10,14,16,20,22,24-25,27-28,30-31,56,58,63-64,68H,6-7,9,11-13,15,17-19,21,23,26,29,32-55,57,59-62H2,1-5H3,(H-,66,69,70,71)/b10-8-,16-14-,22-20-,25-24-,28-27-,31-30-,58-56+. The van der Waals surface area contributed by atoms with Crippen LogP contribution in [0, 0.1) is 0 Å². The molecule has 3 atom stereocenters. The number of allylic oxidation sites excluding steroid dienone is 13. The lowest BCUT2D eigenvalue weighted by molar-refractivity contribution is -0.870. The minimum absolute atomic E-state index is 0.00202. The predicted molar refractivity (Wildman–Crippen MR) is 320 cm³/mol. The molecule has 0 aromatic carbocycles. The number of nitrogens with one attached hydrogen (secondary N) is 1. The van der Waals surface area contributed by atoms with Gasteiger partial charge < -0.3 is 28.8 Å². The second kappa shape index (κ2) is 55.4.